The van der Waals surface area contributed by atoms with Gasteiger partial charge in [-0.2, -0.15) is 4.98 Å². The largest absolute Gasteiger partial charge is 0.429 e. The first kappa shape index (κ1) is 8.11. The number of oxazole rings is 1. The van der Waals surface area contributed by atoms with Crippen molar-refractivity contribution in [3.63, 3.8) is 0 Å². The summed E-state index contributed by atoms with van der Waals surface area (Å²) in [4.78, 5) is 4.06. The zero-order chi connectivity index (χ0) is 8.27. The highest BCUT2D eigenvalue weighted by Gasteiger charge is 2.07. The number of aryl methyl sites for hydroxylation is 2. The Morgan fingerprint density at radius 1 is 1.45 bits per heavy atom. The molecule has 0 atom stereocenters. The van der Waals surface area contributed by atoms with Gasteiger partial charge in [0.1, 0.15) is 5.76 Å². The van der Waals surface area contributed by atoms with Crippen molar-refractivity contribution in [2.45, 2.75) is 33.1 Å². The van der Waals surface area contributed by atoms with Crippen LogP contribution in [-0.4, -0.2) is 4.98 Å². The highest BCUT2D eigenvalue weighted by atomic mass is 16.4. The molecule has 0 aliphatic rings. The molecule has 1 heterocycles. The predicted molar refractivity (Wildman–Crippen MR) is 44.3 cm³/mol. The van der Waals surface area contributed by atoms with Crippen LogP contribution in [0.2, 0.25) is 0 Å². The minimum atomic E-state index is 0.297. The van der Waals surface area contributed by atoms with Gasteiger partial charge in [0, 0.05) is 6.42 Å². The Morgan fingerprint density at radius 3 is 2.73 bits per heavy atom. The van der Waals surface area contributed by atoms with Gasteiger partial charge in [0.2, 0.25) is 0 Å². The number of nitrogens with two attached hydrogens (primary N) is 1. The number of hydrogen-bond donors (Lipinski definition) is 1. The summed E-state index contributed by atoms with van der Waals surface area (Å²) in [5, 5.41) is 0. The summed E-state index contributed by atoms with van der Waals surface area (Å²) in [7, 11) is 0. The Labute approximate surface area is 66.6 Å². The molecule has 3 nitrogen and oxygen atoms in total. The summed E-state index contributed by atoms with van der Waals surface area (Å²) < 4.78 is 5.21. The molecule has 0 aromatic carbocycles. The average Bonchev–Trinajstić information content (AvgIpc) is 2.32. The van der Waals surface area contributed by atoms with Gasteiger partial charge in [-0.25, -0.2) is 0 Å². The van der Waals surface area contributed by atoms with Gasteiger partial charge in [0.15, 0.2) is 0 Å². The highest BCUT2D eigenvalue weighted by molar-refractivity contribution is 5.20. The van der Waals surface area contributed by atoms with Crippen molar-refractivity contribution < 1.29 is 4.42 Å². The first-order valence-electron chi connectivity index (χ1n) is 4.02. The van der Waals surface area contributed by atoms with Gasteiger partial charge in [-0.1, -0.05) is 13.8 Å². The van der Waals surface area contributed by atoms with E-state index in [2.05, 4.69) is 18.8 Å². The molecule has 0 aliphatic heterocycles. The van der Waals surface area contributed by atoms with E-state index in [1.807, 2.05) is 0 Å². The second-order valence-corrected chi connectivity index (χ2v) is 2.53. The lowest BCUT2D eigenvalue weighted by molar-refractivity contribution is 0.516. The van der Waals surface area contributed by atoms with E-state index in [1.54, 1.807) is 0 Å². The molecule has 0 aliphatic carbocycles. The van der Waals surface area contributed by atoms with Gasteiger partial charge in [-0.05, 0) is 12.8 Å². The molecule has 0 spiro atoms. The summed E-state index contributed by atoms with van der Waals surface area (Å²) in [6, 6.07) is 0.297. The smallest absolute Gasteiger partial charge is 0.292 e. The first-order chi connectivity index (χ1) is 5.27. The molecule has 1 aromatic rings. The van der Waals surface area contributed by atoms with Gasteiger partial charge in [0.25, 0.3) is 6.01 Å². The summed E-state index contributed by atoms with van der Waals surface area (Å²) in [5.74, 6) is 0.951. The van der Waals surface area contributed by atoms with Crippen molar-refractivity contribution in [2.24, 2.45) is 0 Å². The Balaban J connectivity index is 2.83. The molecule has 0 saturated carbocycles. The molecule has 0 fully saturated rings. The zero-order valence-electron chi connectivity index (χ0n) is 7.05. The van der Waals surface area contributed by atoms with E-state index in [0.717, 1.165) is 30.7 Å². The molecule has 11 heavy (non-hydrogen) atoms. The van der Waals surface area contributed by atoms with Crippen molar-refractivity contribution in [2.75, 3.05) is 5.73 Å². The molecule has 0 unspecified atom stereocenters. The molecule has 0 amide bonds. The molecule has 1 rings (SSSR count). The molecule has 0 radical (unpaired) electrons. The second kappa shape index (κ2) is 3.42. The lowest BCUT2D eigenvalue weighted by Gasteiger charge is -1.92. The summed E-state index contributed by atoms with van der Waals surface area (Å²) in [6.07, 6.45) is 2.91. The van der Waals surface area contributed by atoms with Crippen LogP contribution in [0.5, 0.6) is 0 Å². The maximum Gasteiger partial charge on any atom is 0.292 e. The quantitative estimate of drug-likeness (QED) is 0.721. The van der Waals surface area contributed by atoms with Crippen molar-refractivity contribution in [1.82, 2.24) is 4.98 Å². The van der Waals surface area contributed by atoms with Gasteiger partial charge < -0.3 is 10.2 Å². The van der Waals surface area contributed by atoms with Crippen LogP contribution in [-0.2, 0) is 12.8 Å². The maximum atomic E-state index is 5.41. The third-order valence-corrected chi connectivity index (χ3v) is 1.61. The number of aromatic nitrogens is 1. The highest BCUT2D eigenvalue weighted by Crippen LogP contribution is 2.14. The van der Waals surface area contributed by atoms with Crippen LogP contribution in [0, 0.1) is 0 Å². The van der Waals surface area contributed by atoms with Crippen LogP contribution in [0.3, 0.4) is 0 Å². The average molecular weight is 154 g/mol. The molecule has 0 saturated heterocycles. The van der Waals surface area contributed by atoms with Crippen molar-refractivity contribution in [3.8, 4) is 0 Å². The van der Waals surface area contributed by atoms with E-state index >= 15 is 0 Å². The van der Waals surface area contributed by atoms with Crippen LogP contribution in [0.4, 0.5) is 6.01 Å². The minimum absolute atomic E-state index is 0.297. The van der Waals surface area contributed by atoms with Gasteiger partial charge in [-0.3, -0.25) is 0 Å². The Morgan fingerprint density at radius 2 is 2.18 bits per heavy atom. The summed E-state index contributed by atoms with van der Waals surface area (Å²) in [6.45, 7) is 4.16. The van der Waals surface area contributed by atoms with Gasteiger partial charge in [-0.15, -0.1) is 0 Å². The van der Waals surface area contributed by atoms with Crippen LogP contribution in [0.15, 0.2) is 4.42 Å². The number of nitrogen functional groups attached to an aromatic ring is 1. The minimum Gasteiger partial charge on any atom is -0.429 e. The predicted octanol–water partition coefficient (Wildman–Crippen LogP) is 1.77. The third-order valence-electron chi connectivity index (χ3n) is 1.61. The Hall–Kier alpha value is -0.990. The third kappa shape index (κ3) is 1.73. The first-order valence-corrected chi connectivity index (χ1v) is 4.02. The number of nitrogens with zero attached hydrogens (tertiary/aromatic N) is 1. The maximum absolute atomic E-state index is 5.41. The van der Waals surface area contributed by atoms with E-state index in [9.17, 15) is 0 Å². The molecule has 62 valence electrons. The van der Waals surface area contributed by atoms with E-state index < -0.39 is 0 Å². The molecule has 2 N–H and O–H groups in total. The van der Waals surface area contributed by atoms with E-state index in [4.69, 9.17) is 10.2 Å². The van der Waals surface area contributed by atoms with E-state index in [1.165, 1.54) is 0 Å². The number of hydrogen-bond acceptors (Lipinski definition) is 3. The molecular formula is C8H14N2O. The second-order valence-electron chi connectivity index (χ2n) is 2.53. The summed E-state index contributed by atoms with van der Waals surface area (Å²) >= 11 is 0. The normalized spacial score (nSPS) is 10.4. The standard InChI is InChI=1S/C8H14N2O/c1-3-5-7-6(4-2)10-8(9)11-7/h3-5H2,1-2H3,(H2,9,10). The fourth-order valence-electron chi connectivity index (χ4n) is 1.10. The fraction of sp³-hybridized carbons (Fsp3) is 0.625. The number of rotatable bonds is 3. The zero-order valence-corrected chi connectivity index (χ0v) is 7.05. The van der Waals surface area contributed by atoms with Crippen molar-refractivity contribution in [1.29, 1.82) is 0 Å². The van der Waals surface area contributed by atoms with Crippen LogP contribution in [0.1, 0.15) is 31.7 Å². The van der Waals surface area contributed by atoms with Crippen LogP contribution >= 0.6 is 0 Å². The van der Waals surface area contributed by atoms with Crippen molar-refractivity contribution >= 4 is 6.01 Å². The lowest BCUT2D eigenvalue weighted by Crippen LogP contribution is -1.88. The SMILES string of the molecule is CCCc1oc(N)nc1CC. The van der Waals surface area contributed by atoms with Gasteiger partial charge >= 0.3 is 0 Å². The molecule has 3 heteroatoms. The molecule has 0 bridgehead atoms. The number of anilines is 1. The Bertz CT molecular complexity index is 230. The monoisotopic (exact) mass is 154 g/mol. The lowest BCUT2D eigenvalue weighted by atomic mass is 10.2. The topological polar surface area (TPSA) is 52.0 Å². The van der Waals surface area contributed by atoms with E-state index in [0.29, 0.717) is 6.01 Å². The van der Waals surface area contributed by atoms with Crippen LogP contribution in [0.25, 0.3) is 0 Å². The Kier molecular flexibility index (Phi) is 2.52. The van der Waals surface area contributed by atoms with Gasteiger partial charge in [0.05, 0.1) is 5.69 Å². The molecule has 1 aromatic heterocycles. The fourth-order valence-corrected chi connectivity index (χ4v) is 1.10. The molecular weight excluding hydrogens is 140 g/mol. The van der Waals surface area contributed by atoms with E-state index in [-0.39, 0.29) is 0 Å². The summed E-state index contributed by atoms with van der Waals surface area (Å²) in [5.41, 5.74) is 6.41. The van der Waals surface area contributed by atoms with Crippen LogP contribution < -0.4 is 5.73 Å². The van der Waals surface area contributed by atoms with Crippen molar-refractivity contribution in [3.05, 3.63) is 11.5 Å².